The van der Waals surface area contributed by atoms with E-state index in [-0.39, 0.29) is 24.3 Å². The second-order valence-electron chi connectivity index (χ2n) is 9.24. The summed E-state index contributed by atoms with van der Waals surface area (Å²) in [6.45, 7) is 1.29. The predicted octanol–water partition coefficient (Wildman–Crippen LogP) is 6.87. The highest BCUT2D eigenvalue weighted by atomic mass is 32.2. The number of unbranched alkanes of at least 4 members (excludes halogenated alkanes) is 7. The lowest BCUT2D eigenvalue weighted by molar-refractivity contribution is -0.138. The first-order valence-electron chi connectivity index (χ1n) is 12.2. The predicted molar refractivity (Wildman–Crippen MR) is 130 cm³/mol. The average molecular weight is 557 g/mol. The summed E-state index contributed by atoms with van der Waals surface area (Å²) in [5.41, 5.74) is -3.68. The molecule has 0 saturated heterocycles. The molecule has 0 aliphatic carbocycles. The molecular weight excluding hydrogens is 522 g/mol. The van der Waals surface area contributed by atoms with Crippen molar-refractivity contribution in [2.24, 2.45) is 0 Å². The Morgan fingerprint density at radius 2 is 1.46 bits per heavy atom. The quantitative estimate of drug-likeness (QED) is 0.132. The highest BCUT2D eigenvalue weighted by Gasteiger charge is 2.35. The van der Waals surface area contributed by atoms with Gasteiger partial charge in [0.15, 0.2) is 0 Å². The molecule has 0 radical (unpaired) electrons. The molecule has 0 saturated carbocycles. The van der Waals surface area contributed by atoms with Gasteiger partial charge < -0.3 is 15.0 Å². The molecule has 0 aliphatic rings. The molecule has 37 heavy (non-hydrogen) atoms. The van der Waals surface area contributed by atoms with Gasteiger partial charge >= 0.3 is 12.4 Å². The summed E-state index contributed by atoms with van der Waals surface area (Å²) in [6, 6.07) is 4.26. The molecule has 1 aromatic rings. The van der Waals surface area contributed by atoms with Gasteiger partial charge in [0.1, 0.15) is 17.1 Å². The van der Waals surface area contributed by atoms with Crippen molar-refractivity contribution >= 4 is 22.8 Å². The van der Waals surface area contributed by atoms with Crippen molar-refractivity contribution in [3.05, 3.63) is 29.3 Å². The number of hydrogen-bond donors (Lipinski definition) is 2. The van der Waals surface area contributed by atoms with E-state index in [9.17, 15) is 40.8 Å². The maximum atomic E-state index is 13.1. The van der Waals surface area contributed by atoms with Crippen molar-refractivity contribution < 1.29 is 40.8 Å². The minimum atomic E-state index is -4.76. The molecule has 0 aliphatic heterocycles. The summed E-state index contributed by atoms with van der Waals surface area (Å²) >= 11 is -1.10. The Morgan fingerprint density at radius 3 is 2.00 bits per heavy atom. The molecule has 1 unspecified atom stereocenters. The van der Waals surface area contributed by atoms with E-state index in [4.69, 9.17) is 5.26 Å². The number of anilines is 1. The van der Waals surface area contributed by atoms with Crippen LogP contribution in [-0.4, -0.2) is 38.8 Å². The van der Waals surface area contributed by atoms with E-state index in [1.807, 2.05) is 0 Å². The first kappa shape index (κ1) is 33.1. The van der Waals surface area contributed by atoms with Crippen LogP contribution in [0.5, 0.6) is 0 Å². The molecule has 1 rings (SSSR count). The maximum absolute atomic E-state index is 13.1. The zero-order chi connectivity index (χ0) is 28.1. The molecule has 2 atom stereocenters. The third-order valence-corrected chi connectivity index (χ3v) is 7.30. The zero-order valence-corrected chi connectivity index (χ0v) is 21.6. The summed E-state index contributed by atoms with van der Waals surface area (Å²) < 4.78 is 87.3. The number of rotatable bonds is 16. The van der Waals surface area contributed by atoms with Crippen LogP contribution in [0.15, 0.2) is 18.2 Å². The van der Waals surface area contributed by atoms with Crippen LogP contribution < -0.4 is 5.32 Å². The van der Waals surface area contributed by atoms with Gasteiger partial charge in [0.25, 0.3) is 5.91 Å². The van der Waals surface area contributed by atoms with Crippen molar-refractivity contribution in [2.45, 2.75) is 95.5 Å². The average Bonchev–Trinajstić information content (AvgIpc) is 2.79. The van der Waals surface area contributed by atoms with Crippen LogP contribution in [0.25, 0.3) is 0 Å². The molecule has 0 heterocycles. The van der Waals surface area contributed by atoms with Crippen LogP contribution >= 0.6 is 0 Å². The van der Waals surface area contributed by atoms with Gasteiger partial charge in [-0.05, 0) is 57.2 Å². The molecule has 0 bridgehead atoms. The number of nitriles is 1. The molecule has 12 heteroatoms. The van der Waals surface area contributed by atoms with E-state index >= 15 is 0 Å². The van der Waals surface area contributed by atoms with E-state index in [0.717, 1.165) is 44.6 Å². The summed E-state index contributed by atoms with van der Waals surface area (Å²) in [5, 5.41) is 21.6. The molecule has 0 fully saturated rings. The van der Waals surface area contributed by atoms with Gasteiger partial charge in [0.2, 0.25) is 0 Å². The molecule has 0 spiro atoms. The maximum Gasteiger partial charge on any atom is 0.417 e. The number of aliphatic hydroxyl groups is 1. The second kappa shape index (κ2) is 15.4. The molecule has 2 N–H and O–H groups in total. The standard InChI is InChI=1S/C25H34F6N2O3S/c1-23(35,22(34)33-20-12-11-19(18-32)21(17-20)25(29,30)31)13-7-5-3-2-4-6-9-15-37(36)16-10-8-14-24(26,27)28/h11-12,17,35H,2-10,13-16H2,1H3,(H,33,34)/t23-,37?/m0/s1. The Kier molecular flexibility index (Phi) is 13.8. The van der Waals surface area contributed by atoms with Crippen LogP contribution in [0.3, 0.4) is 0 Å². The van der Waals surface area contributed by atoms with Crippen molar-refractivity contribution in [3.8, 4) is 6.07 Å². The number of benzene rings is 1. The van der Waals surface area contributed by atoms with Gasteiger partial charge in [-0.1, -0.05) is 43.3 Å². The minimum absolute atomic E-state index is 0.00177. The molecule has 0 aromatic heterocycles. The summed E-state index contributed by atoms with van der Waals surface area (Å²) in [7, 11) is 0. The fourth-order valence-electron chi connectivity index (χ4n) is 3.64. The number of nitrogens with one attached hydrogen (secondary N) is 1. The SMILES string of the molecule is C[C@](O)(CCCCCCCCC[S+]([O-])CCCCC(F)(F)F)C(=O)Nc1ccc(C#N)c(C(F)(F)F)c1. The lowest BCUT2D eigenvalue weighted by atomic mass is 9.96. The fourth-order valence-corrected chi connectivity index (χ4v) is 4.90. The van der Waals surface area contributed by atoms with Crippen LogP contribution in [0.4, 0.5) is 32.0 Å². The number of nitrogens with zero attached hydrogens (tertiary/aromatic N) is 1. The lowest BCUT2D eigenvalue weighted by Gasteiger charge is -2.22. The van der Waals surface area contributed by atoms with E-state index in [1.165, 1.54) is 19.1 Å². The van der Waals surface area contributed by atoms with E-state index in [2.05, 4.69) is 5.32 Å². The van der Waals surface area contributed by atoms with Crippen molar-refractivity contribution in [2.75, 3.05) is 16.8 Å². The molecule has 1 aromatic carbocycles. The van der Waals surface area contributed by atoms with Crippen molar-refractivity contribution in [1.82, 2.24) is 0 Å². The van der Waals surface area contributed by atoms with Crippen molar-refractivity contribution in [1.29, 1.82) is 5.26 Å². The fraction of sp³-hybridized carbons (Fsp3) is 0.680. The Labute approximate surface area is 216 Å². The van der Waals surface area contributed by atoms with Gasteiger partial charge in [-0.2, -0.15) is 31.6 Å². The van der Waals surface area contributed by atoms with Crippen LogP contribution in [-0.2, 0) is 22.1 Å². The third kappa shape index (κ3) is 13.9. The smallest absolute Gasteiger partial charge is 0.417 e. The van der Waals surface area contributed by atoms with Gasteiger partial charge in [-0.3, -0.25) is 4.79 Å². The summed E-state index contributed by atoms with van der Waals surface area (Å²) in [4.78, 5) is 12.4. The largest absolute Gasteiger partial charge is 0.616 e. The molecule has 5 nitrogen and oxygen atoms in total. The van der Waals surface area contributed by atoms with E-state index < -0.39 is 52.6 Å². The highest BCUT2D eigenvalue weighted by molar-refractivity contribution is 7.91. The summed E-state index contributed by atoms with van der Waals surface area (Å²) in [6.07, 6.45) is -3.82. The van der Waals surface area contributed by atoms with E-state index in [1.54, 1.807) is 0 Å². The number of carbonyl (C=O) groups is 1. The number of hydrogen-bond acceptors (Lipinski definition) is 4. The summed E-state index contributed by atoms with van der Waals surface area (Å²) in [5.74, 6) is -0.0666. The van der Waals surface area contributed by atoms with Gasteiger partial charge in [-0.25, -0.2) is 0 Å². The number of amides is 1. The first-order chi connectivity index (χ1) is 17.2. The van der Waals surface area contributed by atoms with E-state index in [0.29, 0.717) is 24.7 Å². The topological polar surface area (TPSA) is 96.2 Å². The number of halogens is 6. The number of carbonyl (C=O) groups excluding carboxylic acids is 1. The first-order valence-corrected chi connectivity index (χ1v) is 13.7. The molecule has 1 amide bonds. The highest BCUT2D eigenvalue weighted by Crippen LogP contribution is 2.34. The second-order valence-corrected chi connectivity index (χ2v) is 10.9. The third-order valence-electron chi connectivity index (χ3n) is 5.81. The van der Waals surface area contributed by atoms with Gasteiger partial charge in [-0.15, -0.1) is 0 Å². The molecule has 210 valence electrons. The van der Waals surface area contributed by atoms with Crippen LogP contribution in [0, 0.1) is 11.3 Å². The van der Waals surface area contributed by atoms with Crippen LogP contribution in [0.2, 0.25) is 0 Å². The van der Waals surface area contributed by atoms with Crippen molar-refractivity contribution in [3.63, 3.8) is 0 Å². The van der Waals surface area contributed by atoms with Gasteiger partial charge in [0, 0.05) is 12.1 Å². The zero-order valence-electron chi connectivity index (χ0n) is 20.8. The number of alkyl halides is 6. The molecular formula is C25H34F6N2O3S. The Hall–Kier alpha value is -1.97. The minimum Gasteiger partial charge on any atom is -0.616 e. The Bertz CT molecular complexity index is 885. The Balaban J connectivity index is 2.23. The lowest BCUT2D eigenvalue weighted by Crippen LogP contribution is -2.40. The normalized spacial score (nSPS) is 14.6. The van der Waals surface area contributed by atoms with Crippen LogP contribution in [0.1, 0.15) is 88.7 Å². The monoisotopic (exact) mass is 556 g/mol. The Morgan fingerprint density at radius 1 is 0.946 bits per heavy atom. The van der Waals surface area contributed by atoms with Gasteiger partial charge in [0.05, 0.1) is 17.2 Å².